The first-order valence-corrected chi connectivity index (χ1v) is 10.1. The van der Waals surface area contributed by atoms with Crippen LogP contribution in [0.15, 0.2) is 45.9 Å². The largest absolute Gasteiger partial charge is 0.467 e. The van der Waals surface area contributed by atoms with Gasteiger partial charge in [-0.1, -0.05) is 31.5 Å². The average molecular weight is 399 g/mol. The Hall–Kier alpha value is -1.83. The third kappa shape index (κ3) is 5.59. The van der Waals surface area contributed by atoms with Crippen molar-refractivity contribution in [2.24, 2.45) is 5.92 Å². The maximum Gasteiger partial charge on any atom is 0.241 e. The summed E-state index contributed by atoms with van der Waals surface area (Å²) in [7, 11) is -3.88. The van der Waals surface area contributed by atoms with Gasteiger partial charge in [-0.2, -0.15) is 4.72 Å². The van der Waals surface area contributed by atoms with Gasteiger partial charge in [0.15, 0.2) is 0 Å². The van der Waals surface area contributed by atoms with Gasteiger partial charge in [-0.3, -0.25) is 4.79 Å². The fourth-order valence-corrected chi connectivity index (χ4v) is 3.87. The van der Waals surface area contributed by atoms with Gasteiger partial charge in [0.25, 0.3) is 0 Å². The molecule has 0 radical (unpaired) electrons. The standard InChI is InChI=1S/C18H23ClN2O4S/c1-12(2)9-17(18(22)20-11-14-5-4-8-25-14)21-26(23,24)15-7-6-13(3)16(19)10-15/h4-8,10,12,17,21H,9,11H2,1-3H3,(H,20,22)/t17-/m0/s1. The SMILES string of the molecule is Cc1ccc(S(=O)(=O)N[C@@H](CC(C)C)C(=O)NCc2ccco2)cc1Cl. The van der Waals surface area contributed by atoms with Gasteiger partial charge in [0.1, 0.15) is 11.8 Å². The number of hydrogen-bond donors (Lipinski definition) is 2. The molecule has 1 aromatic carbocycles. The van der Waals surface area contributed by atoms with Gasteiger partial charge in [-0.25, -0.2) is 8.42 Å². The normalized spacial score (nSPS) is 13.0. The third-order valence-electron chi connectivity index (χ3n) is 3.79. The third-order valence-corrected chi connectivity index (χ3v) is 5.67. The molecule has 0 aliphatic rings. The number of hydrogen-bond acceptors (Lipinski definition) is 4. The second-order valence-corrected chi connectivity index (χ2v) is 8.63. The van der Waals surface area contributed by atoms with Gasteiger partial charge in [0.05, 0.1) is 17.7 Å². The molecule has 1 heterocycles. The van der Waals surface area contributed by atoms with Crippen LogP contribution in [0.3, 0.4) is 0 Å². The van der Waals surface area contributed by atoms with Crippen molar-refractivity contribution in [1.29, 1.82) is 0 Å². The Morgan fingerprint density at radius 1 is 1.27 bits per heavy atom. The van der Waals surface area contributed by atoms with Crippen molar-refractivity contribution in [3.8, 4) is 0 Å². The molecule has 0 bridgehead atoms. The van der Waals surface area contributed by atoms with E-state index in [2.05, 4.69) is 10.0 Å². The van der Waals surface area contributed by atoms with Crippen LogP contribution in [0.2, 0.25) is 5.02 Å². The van der Waals surface area contributed by atoms with Crippen molar-refractivity contribution in [2.75, 3.05) is 0 Å². The van der Waals surface area contributed by atoms with Crippen LogP contribution in [-0.4, -0.2) is 20.4 Å². The van der Waals surface area contributed by atoms with Crippen LogP contribution < -0.4 is 10.0 Å². The number of aryl methyl sites for hydroxylation is 1. The lowest BCUT2D eigenvalue weighted by Crippen LogP contribution is -2.47. The highest BCUT2D eigenvalue weighted by molar-refractivity contribution is 7.89. The number of halogens is 1. The molecule has 1 amide bonds. The molecule has 0 aliphatic heterocycles. The minimum Gasteiger partial charge on any atom is -0.467 e. The summed E-state index contributed by atoms with van der Waals surface area (Å²) >= 11 is 6.03. The Labute approximate surface area is 159 Å². The van der Waals surface area contributed by atoms with Gasteiger partial charge in [-0.15, -0.1) is 0 Å². The lowest BCUT2D eigenvalue weighted by Gasteiger charge is -2.20. The van der Waals surface area contributed by atoms with Gasteiger partial charge in [0, 0.05) is 5.02 Å². The highest BCUT2D eigenvalue weighted by Gasteiger charge is 2.26. The summed E-state index contributed by atoms with van der Waals surface area (Å²) in [6.45, 7) is 5.82. The lowest BCUT2D eigenvalue weighted by atomic mass is 10.0. The van der Waals surface area contributed by atoms with Crippen molar-refractivity contribution in [3.05, 3.63) is 52.9 Å². The average Bonchev–Trinajstić information content (AvgIpc) is 3.07. The minimum absolute atomic E-state index is 0.0284. The van der Waals surface area contributed by atoms with Gasteiger partial charge in [-0.05, 0) is 49.1 Å². The van der Waals surface area contributed by atoms with Crippen LogP contribution in [0, 0.1) is 12.8 Å². The summed E-state index contributed by atoms with van der Waals surface area (Å²) < 4.78 is 33.0. The zero-order valence-corrected chi connectivity index (χ0v) is 16.5. The van der Waals surface area contributed by atoms with E-state index in [1.165, 1.54) is 18.4 Å². The van der Waals surface area contributed by atoms with E-state index in [1.54, 1.807) is 25.1 Å². The summed E-state index contributed by atoms with van der Waals surface area (Å²) in [6, 6.07) is 7.04. The molecule has 2 rings (SSSR count). The number of sulfonamides is 1. The summed E-state index contributed by atoms with van der Waals surface area (Å²) in [4.78, 5) is 12.5. The Balaban J connectivity index is 2.14. The highest BCUT2D eigenvalue weighted by atomic mass is 35.5. The topological polar surface area (TPSA) is 88.4 Å². The molecular formula is C18H23ClN2O4S. The van der Waals surface area contributed by atoms with E-state index < -0.39 is 22.0 Å². The summed E-state index contributed by atoms with van der Waals surface area (Å²) in [5.41, 5.74) is 0.778. The molecule has 6 nitrogen and oxygen atoms in total. The molecule has 0 spiro atoms. The number of rotatable bonds is 8. The minimum atomic E-state index is -3.88. The van der Waals surface area contributed by atoms with E-state index in [1.807, 2.05) is 13.8 Å². The smallest absolute Gasteiger partial charge is 0.241 e. The van der Waals surface area contributed by atoms with E-state index in [0.717, 1.165) is 5.56 Å². The molecule has 8 heteroatoms. The predicted octanol–water partition coefficient (Wildman–Crippen LogP) is 3.25. The zero-order chi connectivity index (χ0) is 19.3. The summed E-state index contributed by atoms with van der Waals surface area (Å²) in [6.07, 6.45) is 1.87. The fourth-order valence-electron chi connectivity index (χ4n) is 2.39. The van der Waals surface area contributed by atoms with Crippen molar-refractivity contribution in [1.82, 2.24) is 10.0 Å². The molecular weight excluding hydrogens is 376 g/mol. The molecule has 0 saturated heterocycles. The highest BCUT2D eigenvalue weighted by Crippen LogP contribution is 2.20. The van der Waals surface area contributed by atoms with Crippen LogP contribution in [-0.2, 0) is 21.4 Å². The summed E-state index contributed by atoms with van der Waals surface area (Å²) in [5.74, 6) is 0.311. The Kier molecular flexibility index (Phi) is 6.86. The van der Waals surface area contributed by atoms with Crippen LogP contribution in [0.5, 0.6) is 0 Å². The maximum atomic E-state index is 12.7. The van der Waals surface area contributed by atoms with E-state index in [9.17, 15) is 13.2 Å². The Bertz CT molecular complexity index is 848. The van der Waals surface area contributed by atoms with E-state index in [4.69, 9.17) is 16.0 Å². The number of furan rings is 1. The molecule has 0 fully saturated rings. The number of nitrogens with one attached hydrogen (secondary N) is 2. The molecule has 26 heavy (non-hydrogen) atoms. The van der Waals surface area contributed by atoms with Crippen LogP contribution >= 0.6 is 11.6 Å². The van der Waals surface area contributed by atoms with Crippen LogP contribution in [0.25, 0.3) is 0 Å². The predicted molar refractivity (Wildman–Crippen MR) is 100 cm³/mol. The van der Waals surface area contributed by atoms with E-state index >= 15 is 0 Å². The Morgan fingerprint density at radius 3 is 2.58 bits per heavy atom. The first-order valence-electron chi connectivity index (χ1n) is 8.27. The second-order valence-electron chi connectivity index (χ2n) is 6.51. The van der Waals surface area contributed by atoms with Gasteiger partial charge < -0.3 is 9.73 Å². The van der Waals surface area contributed by atoms with Gasteiger partial charge >= 0.3 is 0 Å². The quantitative estimate of drug-likeness (QED) is 0.714. The van der Waals surface area contributed by atoms with Crippen molar-refractivity contribution in [3.63, 3.8) is 0 Å². The van der Waals surface area contributed by atoms with E-state index in [-0.39, 0.29) is 17.4 Å². The maximum absolute atomic E-state index is 12.7. The zero-order valence-electron chi connectivity index (χ0n) is 15.0. The molecule has 0 aliphatic carbocycles. The summed E-state index contributed by atoms with van der Waals surface area (Å²) in [5, 5.41) is 3.06. The molecule has 2 aromatic rings. The first-order chi connectivity index (χ1) is 12.2. The second kappa shape index (κ2) is 8.70. The van der Waals surface area contributed by atoms with Crippen molar-refractivity contribution < 1.29 is 17.6 Å². The van der Waals surface area contributed by atoms with Crippen molar-refractivity contribution in [2.45, 2.75) is 44.7 Å². The number of carbonyl (C=O) groups excluding carboxylic acids is 1. The number of amides is 1. The molecule has 0 saturated carbocycles. The van der Waals surface area contributed by atoms with Crippen LogP contribution in [0.4, 0.5) is 0 Å². The Morgan fingerprint density at radius 2 is 2.00 bits per heavy atom. The molecule has 0 unspecified atom stereocenters. The fraction of sp³-hybridized carbons (Fsp3) is 0.389. The van der Waals surface area contributed by atoms with E-state index in [0.29, 0.717) is 17.2 Å². The molecule has 1 atom stereocenters. The molecule has 142 valence electrons. The number of carbonyl (C=O) groups is 1. The molecule has 2 N–H and O–H groups in total. The number of benzene rings is 1. The monoisotopic (exact) mass is 398 g/mol. The van der Waals surface area contributed by atoms with Gasteiger partial charge in [0.2, 0.25) is 15.9 Å². The lowest BCUT2D eigenvalue weighted by molar-refractivity contribution is -0.123. The van der Waals surface area contributed by atoms with Crippen LogP contribution in [0.1, 0.15) is 31.6 Å². The molecule has 1 aromatic heterocycles. The first kappa shape index (κ1) is 20.5. The van der Waals surface area contributed by atoms with Crippen molar-refractivity contribution >= 4 is 27.5 Å².